The van der Waals surface area contributed by atoms with Gasteiger partial charge >= 0.3 is 0 Å². The normalized spacial score (nSPS) is 9.23. The Bertz CT molecular complexity index is 179. The van der Waals surface area contributed by atoms with Gasteiger partial charge in [0.1, 0.15) is 6.54 Å². The van der Waals surface area contributed by atoms with Crippen LogP contribution in [0.4, 0.5) is 0 Å². The fraction of sp³-hybridized carbons (Fsp3) is 0.750. The molecule has 0 saturated heterocycles. The van der Waals surface area contributed by atoms with Crippen molar-refractivity contribution in [3.8, 4) is 6.07 Å². The minimum atomic E-state index is -0.120. The summed E-state index contributed by atoms with van der Waals surface area (Å²) in [6, 6.07) is 1.85. The van der Waals surface area contributed by atoms with Crippen LogP contribution < -0.4 is 10.6 Å². The van der Waals surface area contributed by atoms with Crippen LogP contribution in [0.15, 0.2) is 0 Å². The van der Waals surface area contributed by atoms with Crippen molar-refractivity contribution in [2.24, 2.45) is 0 Å². The van der Waals surface area contributed by atoms with Gasteiger partial charge in [-0.1, -0.05) is 0 Å². The van der Waals surface area contributed by atoms with Crippen molar-refractivity contribution in [2.45, 2.75) is 6.42 Å². The molecular weight excluding hydrogens is 186 g/mol. The molecule has 0 aromatic rings. The van der Waals surface area contributed by atoms with Crippen LogP contribution in [-0.2, 0) is 4.79 Å². The highest BCUT2D eigenvalue weighted by molar-refractivity contribution is 7.98. The topological polar surface area (TPSA) is 64.9 Å². The SMILES string of the molecule is CSCCCNCC(=O)NCC#N. The minimum absolute atomic E-state index is 0.0886. The molecule has 0 aromatic carbocycles. The summed E-state index contributed by atoms with van der Waals surface area (Å²) in [6.07, 6.45) is 3.12. The van der Waals surface area contributed by atoms with Gasteiger partial charge in [0.2, 0.25) is 5.91 Å². The van der Waals surface area contributed by atoms with Crippen LogP contribution in [0.5, 0.6) is 0 Å². The summed E-state index contributed by atoms with van der Waals surface area (Å²) in [5.74, 6) is 0.984. The maximum Gasteiger partial charge on any atom is 0.234 e. The number of carbonyl (C=O) groups is 1. The molecule has 0 aromatic heterocycles. The number of hydrogen-bond acceptors (Lipinski definition) is 4. The van der Waals surface area contributed by atoms with Gasteiger partial charge in [-0.15, -0.1) is 0 Å². The fourth-order valence-corrected chi connectivity index (χ4v) is 1.18. The van der Waals surface area contributed by atoms with Crippen molar-refractivity contribution in [2.75, 3.05) is 31.6 Å². The van der Waals surface area contributed by atoms with Crippen LogP contribution >= 0.6 is 11.8 Å². The van der Waals surface area contributed by atoms with Crippen LogP contribution in [0.3, 0.4) is 0 Å². The molecule has 0 heterocycles. The van der Waals surface area contributed by atoms with Gasteiger partial charge in [0.05, 0.1) is 12.6 Å². The van der Waals surface area contributed by atoms with Gasteiger partial charge in [0, 0.05) is 0 Å². The summed E-state index contributed by atoms with van der Waals surface area (Å²) in [5, 5.41) is 13.6. The standard InChI is InChI=1S/C8H15N3OS/c1-13-6-2-4-10-7-8(12)11-5-3-9/h10H,2,4-7H2,1H3,(H,11,12). The molecule has 0 rings (SSSR count). The lowest BCUT2D eigenvalue weighted by Gasteiger charge is -2.02. The van der Waals surface area contributed by atoms with Crippen molar-refractivity contribution < 1.29 is 4.79 Å². The molecule has 0 fully saturated rings. The molecular formula is C8H15N3OS. The first-order chi connectivity index (χ1) is 6.31. The molecule has 0 aliphatic rings. The summed E-state index contributed by atoms with van der Waals surface area (Å²) < 4.78 is 0. The van der Waals surface area contributed by atoms with E-state index in [-0.39, 0.29) is 12.5 Å². The first-order valence-electron chi connectivity index (χ1n) is 4.14. The first-order valence-corrected chi connectivity index (χ1v) is 5.54. The second-order valence-corrected chi connectivity index (χ2v) is 3.44. The number of nitrogens with one attached hydrogen (secondary N) is 2. The molecule has 0 spiro atoms. The van der Waals surface area contributed by atoms with E-state index in [0.29, 0.717) is 6.54 Å². The molecule has 2 N–H and O–H groups in total. The van der Waals surface area contributed by atoms with Gasteiger partial charge in [-0.3, -0.25) is 4.79 Å². The molecule has 0 aliphatic heterocycles. The Morgan fingerprint density at radius 1 is 1.62 bits per heavy atom. The lowest BCUT2D eigenvalue weighted by Crippen LogP contribution is -2.34. The highest BCUT2D eigenvalue weighted by atomic mass is 32.2. The van der Waals surface area contributed by atoms with Crippen LogP contribution in [0, 0.1) is 11.3 Å². The zero-order valence-electron chi connectivity index (χ0n) is 7.80. The summed E-state index contributed by atoms with van der Waals surface area (Å²) in [6.45, 7) is 1.24. The van der Waals surface area contributed by atoms with Crippen molar-refractivity contribution in [3.63, 3.8) is 0 Å². The third-order valence-corrected chi connectivity index (χ3v) is 2.05. The van der Waals surface area contributed by atoms with Gasteiger partial charge in [-0.2, -0.15) is 17.0 Å². The summed E-state index contributed by atoms with van der Waals surface area (Å²) >= 11 is 1.79. The van der Waals surface area contributed by atoms with Crippen molar-refractivity contribution in [3.05, 3.63) is 0 Å². The number of rotatable bonds is 7. The zero-order chi connectivity index (χ0) is 9.94. The van der Waals surface area contributed by atoms with Crippen LogP contribution in [0.2, 0.25) is 0 Å². The van der Waals surface area contributed by atoms with E-state index < -0.39 is 0 Å². The predicted octanol–water partition coefficient (Wildman–Crippen LogP) is -0.0311. The molecule has 0 unspecified atom stereocenters. The molecule has 0 radical (unpaired) electrons. The minimum Gasteiger partial charge on any atom is -0.342 e. The highest BCUT2D eigenvalue weighted by Crippen LogP contribution is 1.92. The Morgan fingerprint density at radius 2 is 2.38 bits per heavy atom. The Hall–Kier alpha value is -0.730. The van der Waals surface area contributed by atoms with Gasteiger partial charge in [0.15, 0.2) is 0 Å². The Labute approximate surface area is 83.1 Å². The molecule has 13 heavy (non-hydrogen) atoms. The van der Waals surface area contributed by atoms with Crippen molar-refractivity contribution in [1.29, 1.82) is 5.26 Å². The van der Waals surface area contributed by atoms with E-state index in [2.05, 4.69) is 16.9 Å². The quantitative estimate of drug-likeness (QED) is 0.448. The number of thioether (sulfide) groups is 1. The largest absolute Gasteiger partial charge is 0.342 e. The van der Waals surface area contributed by atoms with Gasteiger partial charge in [0.25, 0.3) is 0 Å². The van der Waals surface area contributed by atoms with Gasteiger partial charge < -0.3 is 10.6 Å². The molecule has 0 aliphatic carbocycles. The summed E-state index contributed by atoms with van der Waals surface area (Å²) in [7, 11) is 0. The smallest absolute Gasteiger partial charge is 0.234 e. The maximum atomic E-state index is 10.9. The molecule has 0 saturated carbocycles. The van der Waals surface area contributed by atoms with E-state index in [0.717, 1.165) is 18.7 Å². The van der Waals surface area contributed by atoms with Gasteiger partial charge in [-0.05, 0) is 25.0 Å². The number of hydrogen-bond donors (Lipinski definition) is 2. The number of amides is 1. The van der Waals surface area contributed by atoms with E-state index in [9.17, 15) is 4.79 Å². The van der Waals surface area contributed by atoms with E-state index in [1.165, 1.54) is 0 Å². The zero-order valence-corrected chi connectivity index (χ0v) is 8.62. The maximum absolute atomic E-state index is 10.9. The second-order valence-electron chi connectivity index (χ2n) is 2.46. The lowest BCUT2D eigenvalue weighted by molar-refractivity contribution is -0.120. The van der Waals surface area contributed by atoms with E-state index >= 15 is 0 Å². The number of nitriles is 1. The third kappa shape index (κ3) is 9.18. The van der Waals surface area contributed by atoms with Crippen molar-refractivity contribution in [1.82, 2.24) is 10.6 Å². The third-order valence-electron chi connectivity index (χ3n) is 1.35. The molecule has 0 atom stereocenters. The lowest BCUT2D eigenvalue weighted by atomic mass is 10.4. The van der Waals surface area contributed by atoms with Gasteiger partial charge in [-0.25, -0.2) is 0 Å². The van der Waals surface area contributed by atoms with E-state index in [1.807, 2.05) is 6.07 Å². The monoisotopic (exact) mass is 201 g/mol. The molecule has 0 bridgehead atoms. The Kier molecular flexibility index (Phi) is 8.83. The molecule has 1 amide bonds. The molecule has 5 heteroatoms. The first kappa shape index (κ1) is 12.3. The second kappa shape index (κ2) is 9.36. The number of carbonyl (C=O) groups excluding carboxylic acids is 1. The molecule has 4 nitrogen and oxygen atoms in total. The van der Waals surface area contributed by atoms with Crippen LogP contribution in [-0.4, -0.2) is 37.6 Å². The Balaban J connectivity index is 3.13. The van der Waals surface area contributed by atoms with Crippen LogP contribution in [0.25, 0.3) is 0 Å². The van der Waals surface area contributed by atoms with E-state index in [1.54, 1.807) is 11.8 Å². The fourth-order valence-electron chi connectivity index (χ4n) is 0.744. The highest BCUT2D eigenvalue weighted by Gasteiger charge is 1.97. The molecule has 74 valence electrons. The average Bonchev–Trinajstić information content (AvgIpc) is 2.14. The van der Waals surface area contributed by atoms with Crippen LogP contribution in [0.1, 0.15) is 6.42 Å². The summed E-state index contributed by atoms with van der Waals surface area (Å²) in [5.41, 5.74) is 0. The van der Waals surface area contributed by atoms with Crippen molar-refractivity contribution >= 4 is 17.7 Å². The predicted molar refractivity (Wildman–Crippen MR) is 54.5 cm³/mol. The summed E-state index contributed by atoms with van der Waals surface area (Å²) in [4.78, 5) is 10.9. The Morgan fingerprint density at radius 3 is 3.00 bits per heavy atom. The van der Waals surface area contributed by atoms with E-state index in [4.69, 9.17) is 5.26 Å². The number of nitrogens with zero attached hydrogens (tertiary/aromatic N) is 1. The average molecular weight is 201 g/mol.